The lowest BCUT2D eigenvalue weighted by Gasteiger charge is -2.25. The van der Waals surface area contributed by atoms with Crippen molar-refractivity contribution in [3.63, 3.8) is 0 Å². The molecule has 25 heavy (non-hydrogen) atoms. The summed E-state index contributed by atoms with van der Waals surface area (Å²) in [6.07, 6.45) is -6.34. The van der Waals surface area contributed by atoms with Crippen LogP contribution in [0.5, 0.6) is 5.75 Å². The number of nitrogens with two attached hydrogens (primary N) is 1. The van der Waals surface area contributed by atoms with Crippen LogP contribution in [0.15, 0.2) is 54.6 Å². The predicted octanol–water partition coefficient (Wildman–Crippen LogP) is 2.85. The van der Waals surface area contributed by atoms with E-state index in [2.05, 4.69) is 10.1 Å². The molecule has 2 aromatic carbocycles. The molecule has 1 unspecified atom stereocenters. The number of halogens is 3. The van der Waals surface area contributed by atoms with Gasteiger partial charge in [-0.25, -0.2) is 4.79 Å². The minimum Gasteiger partial charge on any atom is -0.406 e. The minimum atomic E-state index is -4.79. The molecule has 0 aromatic heterocycles. The van der Waals surface area contributed by atoms with Gasteiger partial charge in [0.2, 0.25) is 0 Å². The quantitative estimate of drug-likeness (QED) is 0.720. The number of aliphatic hydroxyl groups excluding tert-OH is 1. The number of alkyl halides is 3. The van der Waals surface area contributed by atoms with E-state index >= 15 is 0 Å². The number of aliphatic hydroxyl groups is 1. The van der Waals surface area contributed by atoms with E-state index in [1.807, 2.05) is 0 Å². The fourth-order valence-corrected chi connectivity index (χ4v) is 2.00. The highest BCUT2D eigenvalue weighted by Crippen LogP contribution is 2.24. The molecule has 0 aliphatic carbocycles. The standard InChI is InChI=1S/C16H16F3N3O3/c17-16(18,19)25-13-8-6-12(7-9-13)21-15(24)22(14(20)23)10-11-4-2-1-3-5-11/h1-9,14,23H,10,20H2,(H,21,24). The first-order chi connectivity index (χ1) is 11.7. The van der Waals surface area contributed by atoms with E-state index in [1.165, 1.54) is 12.1 Å². The van der Waals surface area contributed by atoms with Gasteiger partial charge in [-0.3, -0.25) is 10.6 Å². The number of anilines is 1. The van der Waals surface area contributed by atoms with E-state index in [1.54, 1.807) is 30.3 Å². The Morgan fingerprint density at radius 1 is 1.16 bits per heavy atom. The molecule has 0 fully saturated rings. The zero-order chi connectivity index (χ0) is 18.4. The largest absolute Gasteiger partial charge is 0.573 e. The zero-order valence-corrected chi connectivity index (χ0v) is 12.9. The van der Waals surface area contributed by atoms with Crippen LogP contribution in [0.4, 0.5) is 23.7 Å². The lowest BCUT2D eigenvalue weighted by atomic mass is 10.2. The van der Waals surface area contributed by atoms with Gasteiger partial charge in [-0.05, 0) is 29.8 Å². The normalized spacial score (nSPS) is 12.4. The third kappa shape index (κ3) is 5.98. The van der Waals surface area contributed by atoms with E-state index in [9.17, 15) is 23.1 Å². The van der Waals surface area contributed by atoms with Crippen molar-refractivity contribution in [2.75, 3.05) is 5.32 Å². The van der Waals surface area contributed by atoms with Crippen molar-refractivity contribution in [1.82, 2.24) is 4.90 Å². The monoisotopic (exact) mass is 355 g/mol. The number of carbonyl (C=O) groups is 1. The Balaban J connectivity index is 2.03. The lowest BCUT2D eigenvalue weighted by Crippen LogP contribution is -2.47. The number of benzene rings is 2. The second-order valence-corrected chi connectivity index (χ2v) is 5.03. The van der Waals surface area contributed by atoms with Gasteiger partial charge in [0.25, 0.3) is 0 Å². The van der Waals surface area contributed by atoms with Gasteiger partial charge in [-0.2, -0.15) is 0 Å². The molecule has 0 saturated carbocycles. The fourth-order valence-electron chi connectivity index (χ4n) is 2.00. The Morgan fingerprint density at radius 3 is 2.28 bits per heavy atom. The highest BCUT2D eigenvalue weighted by Gasteiger charge is 2.31. The summed E-state index contributed by atoms with van der Waals surface area (Å²) in [4.78, 5) is 13.2. The maximum absolute atomic E-state index is 12.2. The molecule has 4 N–H and O–H groups in total. The molecule has 6 nitrogen and oxygen atoms in total. The molecular formula is C16H16F3N3O3. The number of ether oxygens (including phenoxy) is 1. The van der Waals surface area contributed by atoms with E-state index in [-0.39, 0.29) is 12.2 Å². The van der Waals surface area contributed by atoms with Gasteiger partial charge in [0, 0.05) is 5.69 Å². The average Bonchev–Trinajstić information content (AvgIpc) is 2.53. The average molecular weight is 355 g/mol. The number of hydrogen-bond acceptors (Lipinski definition) is 4. The van der Waals surface area contributed by atoms with Crippen LogP contribution < -0.4 is 15.8 Å². The Bertz CT molecular complexity index is 691. The van der Waals surface area contributed by atoms with Gasteiger partial charge in [-0.1, -0.05) is 30.3 Å². The second kappa shape index (κ2) is 7.86. The van der Waals surface area contributed by atoms with Crippen LogP contribution >= 0.6 is 0 Å². The summed E-state index contributed by atoms with van der Waals surface area (Å²) in [5.74, 6) is -0.412. The maximum atomic E-state index is 12.2. The van der Waals surface area contributed by atoms with Gasteiger partial charge in [0.15, 0.2) is 6.35 Å². The van der Waals surface area contributed by atoms with Gasteiger partial charge < -0.3 is 15.2 Å². The Labute approximate surface area is 141 Å². The van der Waals surface area contributed by atoms with E-state index in [4.69, 9.17) is 5.73 Å². The van der Waals surface area contributed by atoms with Crippen molar-refractivity contribution in [3.05, 3.63) is 60.2 Å². The van der Waals surface area contributed by atoms with Crippen molar-refractivity contribution >= 4 is 11.7 Å². The van der Waals surface area contributed by atoms with Gasteiger partial charge in [-0.15, -0.1) is 13.2 Å². The number of rotatable bonds is 5. The first-order valence-electron chi connectivity index (χ1n) is 7.15. The van der Waals surface area contributed by atoms with Crippen molar-refractivity contribution in [1.29, 1.82) is 0 Å². The van der Waals surface area contributed by atoms with Crippen LogP contribution in [0.25, 0.3) is 0 Å². The molecule has 0 bridgehead atoms. The number of amides is 2. The van der Waals surface area contributed by atoms with E-state index in [0.29, 0.717) is 0 Å². The molecular weight excluding hydrogens is 339 g/mol. The Kier molecular flexibility index (Phi) is 5.84. The molecule has 0 heterocycles. The molecule has 0 aliphatic heterocycles. The summed E-state index contributed by atoms with van der Waals surface area (Å²) in [7, 11) is 0. The van der Waals surface area contributed by atoms with Crippen LogP contribution in [-0.2, 0) is 6.54 Å². The van der Waals surface area contributed by atoms with Crippen molar-refractivity contribution in [2.24, 2.45) is 5.73 Å². The Hall–Kier alpha value is -2.78. The highest BCUT2D eigenvalue weighted by atomic mass is 19.4. The van der Waals surface area contributed by atoms with E-state index < -0.39 is 24.5 Å². The topological polar surface area (TPSA) is 87.8 Å². The van der Waals surface area contributed by atoms with Gasteiger partial charge >= 0.3 is 12.4 Å². The van der Waals surface area contributed by atoms with Crippen LogP contribution in [0.1, 0.15) is 5.56 Å². The highest BCUT2D eigenvalue weighted by molar-refractivity contribution is 5.89. The van der Waals surface area contributed by atoms with Gasteiger partial charge in [0.1, 0.15) is 5.75 Å². The first kappa shape index (κ1) is 18.6. The maximum Gasteiger partial charge on any atom is 0.573 e. The summed E-state index contributed by atoms with van der Waals surface area (Å²) in [5, 5.41) is 12.0. The van der Waals surface area contributed by atoms with Crippen LogP contribution in [0.3, 0.4) is 0 Å². The second-order valence-electron chi connectivity index (χ2n) is 5.03. The smallest absolute Gasteiger partial charge is 0.406 e. The lowest BCUT2D eigenvalue weighted by molar-refractivity contribution is -0.274. The number of hydrogen-bond donors (Lipinski definition) is 3. The third-order valence-corrected chi connectivity index (χ3v) is 3.12. The van der Waals surface area contributed by atoms with Crippen molar-refractivity contribution in [3.8, 4) is 5.75 Å². The molecule has 2 rings (SSSR count). The number of nitrogens with zero attached hydrogens (tertiary/aromatic N) is 1. The third-order valence-electron chi connectivity index (χ3n) is 3.12. The van der Waals surface area contributed by atoms with Crippen molar-refractivity contribution in [2.45, 2.75) is 19.3 Å². The predicted molar refractivity (Wildman–Crippen MR) is 84.3 cm³/mol. The number of urea groups is 1. The molecule has 2 amide bonds. The fraction of sp³-hybridized carbons (Fsp3) is 0.188. The molecule has 0 saturated heterocycles. The molecule has 0 radical (unpaired) electrons. The summed E-state index contributed by atoms with van der Waals surface area (Å²) >= 11 is 0. The van der Waals surface area contributed by atoms with Crippen molar-refractivity contribution < 1.29 is 27.8 Å². The van der Waals surface area contributed by atoms with E-state index in [0.717, 1.165) is 22.6 Å². The van der Waals surface area contributed by atoms with Crippen LogP contribution in [0, 0.1) is 0 Å². The number of nitrogens with one attached hydrogen (secondary N) is 1. The zero-order valence-electron chi connectivity index (χ0n) is 12.9. The van der Waals surface area contributed by atoms with Crippen LogP contribution in [0.2, 0.25) is 0 Å². The first-order valence-corrected chi connectivity index (χ1v) is 7.15. The summed E-state index contributed by atoms with van der Waals surface area (Å²) in [6, 6.07) is 12.7. The summed E-state index contributed by atoms with van der Waals surface area (Å²) in [6.45, 7) is 0.0552. The van der Waals surface area contributed by atoms with Gasteiger partial charge in [0.05, 0.1) is 6.54 Å². The molecule has 9 heteroatoms. The molecule has 1 atom stereocenters. The SMILES string of the molecule is NC(O)N(Cc1ccccc1)C(=O)Nc1ccc(OC(F)(F)F)cc1. The Morgan fingerprint density at radius 2 is 1.76 bits per heavy atom. The molecule has 2 aromatic rings. The van der Waals surface area contributed by atoms with Crippen LogP contribution in [-0.4, -0.2) is 28.8 Å². The minimum absolute atomic E-state index is 0.0552. The number of carbonyl (C=O) groups excluding carboxylic acids is 1. The molecule has 0 aliphatic rings. The summed E-state index contributed by atoms with van der Waals surface area (Å²) in [5.41, 5.74) is 6.38. The molecule has 134 valence electrons. The summed E-state index contributed by atoms with van der Waals surface area (Å²) < 4.78 is 40.1. The molecule has 0 spiro atoms.